The van der Waals surface area contributed by atoms with Crippen molar-refractivity contribution < 1.29 is 4.79 Å². The molecule has 2 rings (SSSR count). The molecule has 20 heavy (non-hydrogen) atoms. The van der Waals surface area contributed by atoms with Crippen LogP contribution in [0.25, 0.3) is 0 Å². The minimum atomic E-state index is 0.123. The second-order valence-corrected chi connectivity index (χ2v) is 6.27. The Balaban J connectivity index is 1.89. The molecule has 2 nitrogen and oxygen atoms in total. The number of hydrogen-bond acceptors (Lipinski definition) is 2. The van der Waals surface area contributed by atoms with Crippen LogP contribution in [0.3, 0.4) is 0 Å². The smallest absolute Gasteiger partial charge is 0.220 e. The molecule has 1 N–H and O–H groups in total. The number of aryl methyl sites for hydroxylation is 1. The summed E-state index contributed by atoms with van der Waals surface area (Å²) < 4.78 is 0. The Hall–Kier alpha value is -1.61. The van der Waals surface area contributed by atoms with Gasteiger partial charge in [-0.05, 0) is 29.3 Å². The van der Waals surface area contributed by atoms with Crippen molar-refractivity contribution in [2.75, 3.05) is 0 Å². The standard InChI is InChI=1S/C17H21NOS/c1-13(2)17(15-9-6-12-20-15)18-16(19)11-10-14-7-4-3-5-8-14/h3-9,12-13,17H,10-11H2,1-2H3,(H,18,19). The molecule has 1 unspecified atom stereocenters. The number of thiophene rings is 1. The minimum Gasteiger partial charge on any atom is -0.348 e. The maximum absolute atomic E-state index is 12.1. The van der Waals surface area contributed by atoms with E-state index in [4.69, 9.17) is 0 Å². The molecular formula is C17H21NOS. The molecule has 0 aliphatic heterocycles. The summed E-state index contributed by atoms with van der Waals surface area (Å²) in [5.41, 5.74) is 1.21. The monoisotopic (exact) mass is 287 g/mol. The topological polar surface area (TPSA) is 29.1 Å². The SMILES string of the molecule is CC(C)C(NC(=O)CCc1ccccc1)c1cccs1. The summed E-state index contributed by atoms with van der Waals surface area (Å²) in [6, 6.07) is 14.4. The normalized spacial score (nSPS) is 12.3. The van der Waals surface area contributed by atoms with E-state index in [1.807, 2.05) is 24.3 Å². The number of amides is 1. The van der Waals surface area contributed by atoms with E-state index >= 15 is 0 Å². The van der Waals surface area contributed by atoms with E-state index in [9.17, 15) is 4.79 Å². The highest BCUT2D eigenvalue weighted by atomic mass is 32.1. The number of carbonyl (C=O) groups is 1. The number of nitrogens with one attached hydrogen (secondary N) is 1. The van der Waals surface area contributed by atoms with E-state index in [1.54, 1.807) is 11.3 Å². The molecule has 1 aromatic heterocycles. The third-order valence-corrected chi connectivity index (χ3v) is 4.27. The van der Waals surface area contributed by atoms with Crippen molar-refractivity contribution in [3.05, 3.63) is 58.3 Å². The summed E-state index contributed by atoms with van der Waals surface area (Å²) in [6.45, 7) is 4.28. The van der Waals surface area contributed by atoms with E-state index in [0.29, 0.717) is 12.3 Å². The highest BCUT2D eigenvalue weighted by Crippen LogP contribution is 2.25. The molecule has 3 heteroatoms. The summed E-state index contributed by atoms with van der Waals surface area (Å²) in [5.74, 6) is 0.523. The molecule has 2 aromatic rings. The zero-order chi connectivity index (χ0) is 14.4. The predicted octanol–water partition coefficient (Wildman–Crippen LogP) is 4.19. The third-order valence-electron chi connectivity index (χ3n) is 3.32. The Labute approximate surface area is 124 Å². The number of benzene rings is 1. The molecule has 0 saturated carbocycles. The van der Waals surface area contributed by atoms with Crippen LogP contribution in [0, 0.1) is 5.92 Å². The maximum atomic E-state index is 12.1. The van der Waals surface area contributed by atoms with Gasteiger partial charge in [-0.3, -0.25) is 4.79 Å². The van der Waals surface area contributed by atoms with Crippen molar-refractivity contribution in [2.24, 2.45) is 5.92 Å². The molecule has 0 aliphatic carbocycles. The maximum Gasteiger partial charge on any atom is 0.220 e. The van der Waals surface area contributed by atoms with Crippen LogP contribution in [-0.4, -0.2) is 5.91 Å². The quantitative estimate of drug-likeness (QED) is 0.848. The van der Waals surface area contributed by atoms with Crippen molar-refractivity contribution >= 4 is 17.2 Å². The van der Waals surface area contributed by atoms with Crippen LogP contribution in [0.1, 0.15) is 36.8 Å². The molecule has 1 atom stereocenters. The van der Waals surface area contributed by atoms with Crippen LogP contribution >= 0.6 is 11.3 Å². The molecule has 0 spiro atoms. The van der Waals surface area contributed by atoms with Crippen LogP contribution in [0.5, 0.6) is 0 Å². The summed E-state index contributed by atoms with van der Waals surface area (Å²) in [6.07, 6.45) is 1.33. The van der Waals surface area contributed by atoms with Gasteiger partial charge >= 0.3 is 0 Å². The van der Waals surface area contributed by atoms with Crippen molar-refractivity contribution in [3.63, 3.8) is 0 Å². The summed E-state index contributed by atoms with van der Waals surface area (Å²) in [4.78, 5) is 13.3. The Kier molecular flexibility index (Phi) is 5.36. The van der Waals surface area contributed by atoms with Gasteiger partial charge in [-0.15, -0.1) is 11.3 Å². The highest BCUT2D eigenvalue weighted by molar-refractivity contribution is 7.10. The zero-order valence-corrected chi connectivity index (χ0v) is 12.8. The molecule has 1 aromatic carbocycles. The Morgan fingerprint density at radius 2 is 1.90 bits per heavy atom. The molecule has 1 heterocycles. The second-order valence-electron chi connectivity index (χ2n) is 5.29. The summed E-state index contributed by atoms with van der Waals surface area (Å²) >= 11 is 1.70. The second kappa shape index (κ2) is 7.25. The van der Waals surface area contributed by atoms with Crippen molar-refractivity contribution in [1.82, 2.24) is 5.32 Å². The molecule has 0 aliphatic rings. The summed E-state index contributed by atoms with van der Waals surface area (Å²) in [5, 5.41) is 5.22. The van der Waals surface area contributed by atoms with Gasteiger partial charge in [0.1, 0.15) is 0 Å². The van der Waals surface area contributed by atoms with Gasteiger partial charge in [-0.1, -0.05) is 50.2 Å². The van der Waals surface area contributed by atoms with Crippen molar-refractivity contribution in [3.8, 4) is 0 Å². The van der Waals surface area contributed by atoms with Gasteiger partial charge in [0.25, 0.3) is 0 Å². The van der Waals surface area contributed by atoms with Crippen molar-refractivity contribution in [2.45, 2.75) is 32.7 Å². The van der Waals surface area contributed by atoms with Crippen LogP contribution in [0.4, 0.5) is 0 Å². The lowest BCUT2D eigenvalue weighted by atomic mass is 10.0. The van der Waals surface area contributed by atoms with E-state index < -0.39 is 0 Å². The molecule has 0 bridgehead atoms. The minimum absolute atomic E-state index is 0.123. The lowest BCUT2D eigenvalue weighted by Crippen LogP contribution is -2.31. The fourth-order valence-electron chi connectivity index (χ4n) is 2.18. The number of rotatable bonds is 6. The average Bonchev–Trinajstić information content (AvgIpc) is 2.97. The largest absolute Gasteiger partial charge is 0.348 e. The molecule has 0 radical (unpaired) electrons. The van der Waals surface area contributed by atoms with Crippen LogP contribution in [0.2, 0.25) is 0 Å². The first-order valence-electron chi connectivity index (χ1n) is 7.03. The van der Waals surface area contributed by atoms with E-state index in [1.165, 1.54) is 10.4 Å². The lowest BCUT2D eigenvalue weighted by Gasteiger charge is -2.21. The first-order chi connectivity index (χ1) is 9.66. The Morgan fingerprint density at radius 1 is 1.15 bits per heavy atom. The van der Waals surface area contributed by atoms with Gasteiger partial charge in [-0.25, -0.2) is 0 Å². The first-order valence-corrected chi connectivity index (χ1v) is 7.91. The molecule has 0 saturated heterocycles. The summed E-state index contributed by atoms with van der Waals surface area (Å²) in [7, 11) is 0. The van der Waals surface area contributed by atoms with Gasteiger partial charge in [0.05, 0.1) is 6.04 Å². The fraction of sp³-hybridized carbons (Fsp3) is 0.353. The fourth-order valence-corrected chi connectivity index (χ4v) is 3.13. The predicted molar refractivity (Wildman–Crippen MR) is 84.8 cm³/mol. The van der Waals surface area contributed by atoms with Crippen LogP contribution in [0.15, 0.2) is 47.8 Å². The van der Waals surface area contributed by atoms with Gasteiger partial charge < -0.3 is 5.32 Å². The van der Waals surface area contributed by atoms with Gasteiger partial charge in [0.2, 0.25) is 5.91 Å². The first kappa shape index (κ1) is 14.8. The van der Waals surface area contributed by atoms with E-state index in [2.05, 4.69) is 42.7 Å². The van der Waals surface area contributed by atoms with Crippen LogP contribution in [-0.2, 0) is 11.2 Å². The molecule has 1 amide bonds. The molecule has 106 valence electrons. The number of carbonyl (C=O) groups excluding carboxylic acids is 1. The van der Waals surface area contributed by atoms with Gasteiger partial charge in [-0.2, -0.15) is 0 Å². The van der Waals surface area contributed by atoms with Crippen LogP contribution < -0.4 is 5.32 Å². The highest BCUT2D eigenvalue weighted by Gasteiger charge is 2.18. The van der Waals surface area contributed by atoms with Gasteiger partial charge in [0, 0.05) is 11.3 Å². The van der Waals surface area contributed by atoms with E-state index in [0.717, 1.165) is 6.42 Å². The Morgan fingerprint density at radius 3 is 2.50 bits per heavy atom. The zero-order valence-electron chi connectivity index (χ0n) is 12.0. The average molecular weight is 287 g/mol. The van der Waals surface area contributed by atoms with Crippen molar-refractivity contribution in [1.29, 1.82) is 0 Å². The van der Waals surface area contributed by atoms with Gasteiger partial charge in [0.15, 0.2) is 0 Å². The number of hydrogen-bond donors (Lipinski definition) is 1. The Bertz CT molecular complexity index is 519. The third kappa shape index (κ3) is 4.20. The lowest BCUT2D eigenvalue weighted by molar-refractivity contribution is -0.122. The molecular weight excluding hydrogens is 266 g/mol. The molecule has 0 fully saturated rings. The van der Waals surface area contributed by atoms with E-state index in [-0.39, 0.29) is 11.9 Å².